The van der Waals surface area contributed by atoms with E-state index in [4.69, 9.17) is 9.47 Å². The molecule has 2 rings (SSSR count). The minimum atomic E-state index is -0.918. The number of esters is 1. The maximum atomic E-state index is 12.4. The lowest BCUT2D eigenvalue weighted by Gasteiger charge is -2.33. The van der Waals surface area contributed by atoms with Gasteiger partial charge in [-0.15, -0.1) is 6.58 Å². The zero-order valence-corrected chi connectivity index (χ0v) is 14.0. The molecule has 1 heterocycles. The number of benzene rings is 1. The molecule has 0 aromatic heterocycles. The van der Waals surface area contributed by atoms with Gasteiger partial charge in [0.15, 0.2) is 0 Å². The van der Waals surface area contributed by atoms with Gasteiger partial charge < -0.3 is 14.6 Å². The number of methoxy groups -OCH3 is 1. The van der Waals surface area contributed by atoms with Crippen molar-refractivity contribution in [1.29, 1.82) is 0 Å². The molecule has 1 aliphatic heterocycles. The predicted molar refractivity (Wildman–Crippen MR) is 88.1 cm³/mol. The average Bonchev–Trinajstić information content (AvgIpc) is 2.85. The minimum absolute atomic E-state index is 0.0116. The van der Waals surface area contributed by atoms with Crippen LogP contribution in [0.5, 0.6) is 0 Å². The number of aliphatic hydroxyl groups excluding tert-OH is 1. The molecule has 3 atom stereocenters. The van der Waals surface area contributed by atoms with Crippen molar-refractivity contribution in [3.05, 3.63) is 48.6 Å². The zero-order valence-electron chi connectivity index (χ0n) is 14.0. The Morgan fingerprint density at radius 1 is 1.42 bits per heavy atom. The monoisotopic (exact) mass is 333 g/mol. The number of carbonyl (C=O) groups excluding carboxylic acids is 2. The second kappa shape index (κ2) is 7.49. The Labute approximate surface area is 141 Å². The standard InChI is InChI=1S/C18H23NO5/c1-4-10-18(2)14(20)11-19(15(18)16(21)23-3)17(22)24-12-13-8-6-5-7-9-13/h4-9,14-15,20H,1,10-12H2,2-3H3. The molecule has 1 amide bonds. The normalized spacial score (nSPS) is 26.0. The fourth-order valence-electron chi connectivity index (χ4n) is 3.09. The number of carbonyl (C=O) groups is 2. The summed E-state index contributed by atoms with van der Waals surface area (Å²) in [5.74, 6) is -0.576. The van der Waals surface area contributed by atoms with Gasteiger partial charge in [0.25, 0.3) is 0 Å². The van der Waals surface area contributed by atoms with Crippen LogP contribution in [0, 0.1) is 5.41 Å². The smallest absolute Gasteiger partial charge is 0.410 e. The second-order valence-corrected chi connectivity index (χ2v) is 6.13. The van der Waals surface area contributed by atoms with Gasteiger partial charge in [0.1, 0.15) is 12.6 Å². The van der Waals surface area contributed by atoms with Crippen LogP contribution in [-0.2, 0) is 20.9 Å². The van der Waals surface area contributed by atoms with E-state index in [1.807, 2.05) is 30.3 Å². The highest BCUT2D eigenvalue weighted by molar-refractivity contribution is 5.83. The zero-order chi connectivity index (χ0) is 17.7. The summed E-state index contributed by atoms with van der Waals surface area (Å²) in [5.41, 5.74) is -0.0188. The third-order valence-corrected chi connectivity index (χ3v) is 4.52. The highest BCUT2D eigenvalue weighted by atomic mass is 16.6. The molecule has 6 nitrogen and oxygen atoms in total. The molecule has 1 fully saturated rings. The number of hydrogen-bond donors (Lipinski definition) is 1. The van der Waals surface area contributed by atoms with Crippen LogP contribution in [-0.4, -0.2) is 47.9 Å². The van der Waals surface area contributed by atoms with Crippen molar-refractivity contribution in [3.8, 4) is 0 Å². The molecule has 130 valence electrons. The molecule has 1 N–H and O–H groups in total. The van der Waals surface area contributed by atoms with Gasteiger partial charge in [0.05, 0.1) is 19.8 Å². The fraction of sp³-hybridized carbons (Fsp3) is 0.444. The number of likely N-dealkylation sites (tertiary alicyclic amines) is 1. The van der Waals surface area contributed by atoms with Gasteiger partial charge in [-0.1, -0.05) is 43.3 Å². The topological polar surface area (TPSA) is 76.1 Å². The van der Waals surface area contributed by atoms with Crippen molar-refractivity contribution in [1.82, 2.24) is 4.90 Å². The van der Waals surface area contributed by atoms with E-state index >= 15 is 0 Å². The number of amides is 1. The van der Waals surface area contributed by atoms with E-state index < -0.39 is 29.6 Å². The van der Waals surface area contributed by atoms with Crippen molar-refractivity contribution < 1.29 is 24.2 Å². The van der Waals surface area contributed by atoms with Crippen molar-refractivity contribution >= 4 is 12.1 Å². The SMILES string of the molecule is C=CCC1(C)C(O)CN(C(=O)OCc2ccccc2)C1C(=O)OC. The first-order valence-corrected chi connectivity index (χ1v) is 7.78. The summed E-state index contributed by atoms with van der Waals surface area (Å²) in [6.45, 7) is 5.52. The van der Waals surface area contributed by atoms with Gasteiger partial charge in [0.2, 0.25) is 0 Å². The first-order valence-electron chi connectivity index (χ1n) is 7.78. The molecule has 6 heteroatoms. The maximum absolute atomic E-state index is 12.4. The average molecular weight is 333 g/mol. The van der Waals surface area contributed by atoms with Crippen molar-refractivity contribution in [2.75, 3.05) is 13.7 Å². The van der Waals surface area contributed by atoms with E-state index in [0.29, 0.717) is 6.42 Å². The number of nitrogens with zero attached hydrogens (tertiary/aromatic N) is 1. The Kier molecular flexibility index (Phi) is 5.62. The van der Waals surface area contributed by atoms with E-state index in [1.165, 1.54) is 12.0 Å². The lowest BCUT2D eigenvalue weighted by atomic mass is 9.77. The number of ether oxygens (including phenoxy) is 2. The van der Waals surface area contributed by atoms with Crippen LogP contribution in [0.25, 0.3) is 0 Å². The van der Waals surface area contributed by atoms with Crippen molar-refractivity contribution in [2.24, 2.45) is 5.41 Å². The lowest BCUT2D eigenvalue weighted by Crippen LogP contribution is -2.48. The Balaban J connectivity index is 2.16. The summed E-state index contributed by atoms with van der Waals surface area (Å²) in [7, 11) is 1.26. The molecule has 24 heavy (non-hydrogen) atoms. The number of hydrogen-bond acceptors (Lipinski definition) is 5. The van der Waals surface area contributed by atoms with Crippen molar-refractivity contribution in [3.63, 3.8) is 0 Å². The molecular formula is C18H23NO5. The summed E-state index contributed by atoms with van der Waals surface area (Å²) >= 11 is 0. The van der Waals surface area contributed by atoms with E-state index in [1.54, 1.807) is 13.0 Å². The summed E-state index contributed by atoms with van der Waals surface area (Å²) < 4.78 is 10.1. The molecule has 0 bridgehead atoms. The van der Waals surface area contributed by atoms with Gasteiger partial charge in [0, 0.05) is 5.41 Å². The highest BCUT2D eigenvalue weighted by Gasteiger charge is 2.56. The van der Waals surface area contributed by atoms with Crippen LogP contribution in [0.15, 0.2) is 43.0 Å². The van der Waals surface area contributed by atoms with Crippen LogP contribution in [0.3, 0.4) is 0 Å². The Bertz CT molecular complexity index is 603. The molecule has 1 saturated heterocycles. The van der Waals surface area contributed by atoms with Gasteiger partial charge in [-0.2, -0.15) is 0 Å². The van der Waals surface area contributed by atoms with Crippen molar-refractivity contribution in [2.45, 2.75) is 32.1 Å². The molecule has 1 aliphatic rings. The minimum Gasteiger partial charge on any atom is -0.467 e. The summed E-state index contributed by atoms with van der Waals surface area (Å²) in [4.78, 5) is 25.9. The number of aliphatic hydroxyl groups is 1. The Morgan fingerprint density at radius 3 is 2.67 bits per heavy atom. The summed E-state index contributed by atoms with van der Waals surface area (Å²) in [5, 5.41) is 10.4. The Morgan fingerprint density at radius 2 is 2.08 bits per heavy atom. The fourth-order valence-corrected chi connectivity index (χ4v) is 3.09. The van der Waals surface area contributed by atoms with E-state index in [9.17, 15) is 14.7 Å². The third-order valence-electron chi connectivity index (χ3n) is 4.52. The van der Waals surface area contributed by atoms with Gasteiger partial charge in [-0.05, 0) is 12.0 Å². The number of rotatable bonds is 5. The van der Waals surface area contributed by atoms with E-state index in [2.05, 4.69) is 6.58 Å². The molecule has 0 radical (unpaired) electrons. The highest BCUT2D eigenvalue weighted by Crippen LogP contribution is 2.41. The molecular weight excluding hydrogens is 310 g/mol. The Hall–Kier alpha value is -2.34. The van der Waals surface area contributed by atoms with Crippen LogP contribution in [0.2, 0.25) is 0 Å². The van der Waals surface area contributed by atoms with Gasteiger partial charge in [-0.3, -0.25) is 4.90 Å². The number of allylic oxidation sites excluding steroid dienone is 1. The predicted octanol–water partition coefficient (Wildman–Crippen LogP) is 2.12. The van der Waals surface area contributed by atoms with Crippen LogP contribution in [0.1, 0.15) is 18.9 Å². The maximum Gasteiger partial charge on any atom is 0.410 e. The van der Waals surface area contributed by atoms with Gasteiger partial charge in [-0.25, -0.2) is 9.59 Å². The van der Waals surface area contributed by atoms with Crippen LogP contribution in [0.4, 0.5) is 4.79 Å². The quantitative estimate of drug-likeness (QED) is 0.660. The molecule has 0 saturated carbocycles. The molecule has 1 aromatic carbocycles. The first kappa shape index (κ1) is 18.0. The first-order chi connectivity index (χ1) is 11.4. The third kappa shape index (κ3) is 3.43. The van der Waals surface area contributed by atoms with Crippen LogP contribution >= 0.6 is 0 Å². The molecule has 0 aliphatic carbocycles. The van der Waals surface area contributed by atoms with E-state index in [0.717, 1.165) is 5.56 Å². The summed E-state index contributed by atoms with van der Waals surface area (Å²) in [6, 6.07) is 8.33. The lowest BCUT2D eigenvalue weighted by molar-refractivity contribution is -0.149. The van der Waals surface area contributed by atoms with Gasteiger partial charge >= 0.3 is 12.1 Å². The molecule has 1 aromatic rings. The largest absolute Gasteiger partial charge is 0.467 e. The molecule has 3 unspecified atom stereocenters. The second-order valence-electron chi connectivity index (χ2n) is 6.13. The van der Waals surface area contributed by atoms with Crippen LogP contribution < -0.4 is 0 Å². The molecule has 0 spiro atoms. The summed E-state index contributed by atoms with van der Waals surface area (Å²) in [6.07, 6.45) is 0.471. The van der Waals surface area contributed by atoms with E-state index in [-0.39, 0.29) is 13.2 Å². The number of β-amino-alcohol motifs (C(OH)–C–C–N with tert-alkyl or cyclic N) is 1.